The second-order valence-corrected chi connectivity index (χ2v) is 7.03. The number of rotatable bonds is 12. The summed E-state index contributed by atoms with van der Waals surface area (Å²) in [4.78, 5) is 0.0132. The van der Waals surface area contributed by atoms with Crippen LogP contribution in [0.25, 0.3) is 0 Å². The van der Waals surface area contributed by atoms with Crippen molar-refractivity contribution in [2.45, 2.75) is 103 Å². The van der Waals surface area contributed by atoms with Crippen LogP contribution >= 0.6 is 11.6 Å². The van der Waals surface area contributed by atoms with Crippen molar-refractivity contribution in [2.24, 2.45) is 0 Å². The van der Waals surface area contributed by atoms with E-state index in [-0.39, 0.29) is 11.0 Å². The summed E-state index contributed by atoms with van der Waals surface area (Å²) in [5, 5.41) is 0. The molecule has 18 heavy (non-hydrogen) atoms. The zero-order valence-corrected chi connectivity index (χ0v) is 13.8. The molecule has 3 N–H and O–H groups in total. The Bertz CT molecular complexity index is 152. The molecule has 0 fully saturated rings. The minimum atomic E-state index is 0. The smallest absolute Gasteiger partial charge is 0.0390 e. The van der Waals surface area contributed by atoms with Crippen LogP contribution < -0.4 is 6.15 Å². The van der Waals surface area contributed by atoms with E-state index in [1.165, 1.54) is 70.6 Å². The lowest BCUT2D eigenvalue weighted by atomic mass is 10.0. The number of hydrogen-bond donors (Lipinski definition) is 1. The number of alkyl halides is 1. The third kappa shape index (κ3) is 18.6. The van der Waals surface area contributed by atoms with Gasteiger partial charge in [0.05, 0.1) is 0 Å². The van der Waals surface area contributed by atoms with E-state index in [2.05, 4.69) is 20.8 Å². The Morgan fingerprint density at radius 3 is 1.33 bits per heavy atom. The first kappa shape index (κ1) is 20.6. The quantitative estimate of drug-likeness (QED) is 0.307. The number of hydrogen-bond acceptors (Lipinski definition) is 1. The average Bonchev–Trinajstić information content (AvgIpc) is 2.24. The highest BCUT2D eigenvalue weighted by atomic mass is 35.5. The zero-order valence-electron chi connectivity index (χ0n) is 13.1. The van der Waals surface area contributed by atoms with E-state index in [4.69, 9.17) is 11.6 Å². The van der Waals surface area contributed by atoms with Gasteiger partial charge in [-0.1, -0.05) is 77.6 Å². The van der Waals surface area contributed by atoms with Crippen molar-refractivity contribution in [3.63, 3.8) is 0 Å². The fraction of sp³-hybridized carbons (Fsp3) is 1.00. The lowest BCUT2D eigenvalue weighted by Gasteiger charge is -2.14. The van der Waals surface area contributed by atoms with Crippen molar-refractivity contribution in [3.05, 3.63) is 0 Å². The molecule has 0 aromatic rings. The molecule has 0 aliphatic carbocycles. The van der Waals surface area contributed by atoms with Gasteiger partial charge >= 0.3 is 0 Å². The first-order valence-electron chi connectivity index (χ1n) is 7.75. The maximum Gasteiger partial charge on any atom is 0.0390 e. The summed E-state index contributed by atoms with van der Waals surface area (Å²) in [5.41, 5.74) is 0. The van der Waals surface area contributed by atoms with E-state index in [1.54, 1.807) is 0 Å². The van der Waals surface area contributed by atoms with Gasteiger partial charge in [0.25, 0.3) is 0 Å². The molecule has 0 heterocycles. The van der Waals surface area contributed by atoms with Crippen LogP contribution in [0.2, 0.25) is 0 Å². The van der Waals surface area contributed by atoms with Gasteiger partial charge in [0.15, 0.2) is 0 Å². The van der Waals surface area contributed by atoms with Gasteiger partial charge in [0.1, 0.15) is 0 Å². The molecule has 0 amide bonds. The molecule has 0 radical (unpaired) electrons. The van der Waals surface area contributed by atoms with Crippen molar-refractivity contribution >= 4 is 11.6 Å². The topological polar surface area (TPSA) is 35.0 Å². The van der Waals surface area contributed by atoms with Gasteiger partial charge in [-0.25, -0.2) is 0 Å². The van der Waals surface area contributed by atoms with Crippen LogP contribution in [-0.2, 0) is 0 Å². The van der Waals surface area contributed by atoms with Crippen LogP contribution in [0.1, 0.15) is 97.8 Å². The van der Waals surface area contributed by atoms with E-state index >= 15 is 0 Å². The summed E-state index contributed by atoms with van der Waals surface area (Å²) in [5.74, 6) is 0. The van der Waals surface area contributed by atoms with E-state index in [9.17, 15) is 0 Å². The standard InChI is InChI=1S/C16H33Cl.H3N/c1-4-5-6-7-8-9-10-11-12-13-14-15-16(2,3)17;/h4-15H2,1-3H3;1H3. The van der Waals surface area contributed by atoms with Gasteiger partial charge in [-0.05, 0) is 20.3 Å². The fourth-order valence-electron chi connectivity index (χ4n) is 2.21. The summed E-state index contributed by atoms with van der Waals surface area (Å²) in [6.07, 6.45) is 16.7. The van der Waals surface area contributed by atoms with Gasteiger partial charge in [0, 0.05) is 4.87 Å². The Balaban J connectivity index is 0. The van der Waals surface area contributed by atoms with E-state index in [0.29, 0.717) is 0 Å². The van der Waals surface area contributed by atoms with Gasteiger partial charge in [-0.3, -0.25) is 0 Å². The second-order valence-electron chi connectivity index (χ2n) is 6.00. The average molecular weight is 278 g/mol. The van der Waals surface area contributed by atoms with E-state index in [0.717, 1.165) is 6.42 Å². The predicted molar refractivity (Wildman–Crippen MR) is 86.0 cm³/mol. The molecule has 0 aromatic carbocycles. The molecule has 0 saturated heterocycles. The third-order valence-corrected chi connectivity index (χ3v) is 3.56. The summed E-state index contributed by atoms with van der Waals surface area (Å²) >= 11 is 6.16. The Morgan fingerprint density at radius 1 is 0.667 bits per heavy atom. The first-order chi connectivity index (χ1) is 8.06. The Morgan fingerprint density at radius 2 is 1.00 bits per heavy atom. The summed E-state index contributed by atoms with van der Waals surface area (Å²) in [6.45, 7) is 6.51. The summed E-state index contributed by atoms with van der Waals surface area (Å²) in [6, 6.07) is 0. The molecule has 0 aliphatic rings. The third-order valence-electron chi connectivity index (χ3n) is 3.37. The molecule has 2 heteroatoms. The van der Waals surface area contributed by atoms with Gasteiger partial charge < -0.3 is 6.15 Å². The van der Waals surface area contributed by atoms with Gasteiger partial charge in [-0.15, -0.1) is 11.6 Å². The van der Waals surface area contributed by atoms with Crippen LogP contribution in [0, 0.1) is 0 Å². The van der Waals surface area contributed by atoms with Gasteiger partial charge in [-0.2, -0.15) is 0 Å². The van der Waals surface area contributed by atoms with Crippen molar-refractivity contribution in [1.82, 2.24) is 6.15 Å². The highest BCUT2D eigenvalue weighted by Gasteiger charge is 2.11. The molecular formula is C16H36ClN. The minimum Gasteiger partial charge on any atom is -0.344 e. The molecule has 0 unspecified atom stereocenters. The summed E-state index contributed by atoms with van der Waals surface area (Å²) < 4.78 is 0. The molecule has 0 aliphatic heterocycles. The molecule has 0 spiro atoms. The Labute approximate surface area is 121 Å². The maximum atomic E-state index is 6.16. The van der Waals surface area contributed by atoms with Gasteiger partial charge in [0.2, 0.25) is 0 Å². The van der Waals surface area contributed by atoms with Crippen molar-refractivity contribution in [1.29, 1.82) is 0 Å². The minimum absolute atomic E-state index is 0. The second kappa shape index (κ2) is 13.7. The number of unbranched alkanes of at least 4 members (excludes halogenated alkanes) is 10. The van der Waals surface area contributed by atoms with Crippen molar-refractivity contribution in [3.8, 4) is 0 Å². The highest BCUT2D eigenvalue weighted by Crippen LogP contribution is 2.21. The molecule has 0 atom stereocenters. The molecule has 1 nitrogen and oxygen atoms in total. The van der Waals surface area contributed by atoms with Crippen molar-refractivity contribution < 1.29 is 0 Å². The predicted octanol–water partition coefficient (Wildman–Crippen LogP) is 6.87. The van der Waals surface area contributed by atoms with Crippen LogP contribution in [0.15, 0.2) is 0 Å². The first-order valence-corrected chi connectivity index (χ1v) is 8.13. The monoisotopic (exact) mass is 277 g/mol. The Kier molecular flexibility index (Phi) is 15.6. The fourth-order valence-corrected chi connectivity index (χ4v) is 2.34. The van der Waals surface area contributed by atoms with Crippen LogP contribution in [-0.4, -0.2) is 4.87 Å². The van der Waals surface area contributed by atoms with E-state index in [1.807, 2.05) is 0 Å². The Hall–Kier alpha value is 0.250. The largest absolute Gasteiger partial charge is 0.344 e. The maximum absolute atomic E-state index is 6.16. The summed E-state index contributed by atoms with van der Waals surface area (Å²) in [7, 11) is 0. The highest BCUT2D eigenvalue weighted by molar-refractivity contribution is 6.23. The molecular weight excluding hydrogens is 242 g/mol. The van der Waals surface area contributed by atoms with E-state index < -0.39 is 0 Å². The van der Waals surface area contributed by atoms with Crippen LogP contribution in [0.3, 0.4) is 0 Å². The van der Waals surface area contributed by atoms with Crippen LogP contribution in [0.4, 0.5) is 0 Å². The van der Waals surface area contributed by atoms with Crippen LogP contribution in [0.5, 0.6) is 0 Å². The molecule has 112 valence electrons. The van der Waals surface area contributed by atoms with Crippen molar-refractivity contribution in [2.75, 3.05) is 0 Å². The number of halogens is 1. The molecule has 0 bridgehead atoms. The SMILES string of the molecule is CCCCCCCCCCCCCC(C)(C)Cl.N. The zero-order chi connectivity index (χ0) is 13.0. The lowest BCUT2D eigenvalue weighted by molar-refractivity contribution is 0.520. The molecule has 0 saturated carbocycles. The molecule has 0 rings (SSSR count). The lowest BCUT2D eigenvalue weighted by Crippen LogP contribution is -2.08. The normalized spacial score (nSPS) is 11.3. The molecule has 0 aromatic heterocycles.